The van der Waals surface area contributed by atoms with Crippen LogP contribution in [-0.4, -0.2) is 86.1 Å². The second-order valence-electron chi connectivity index (χ2n) is 12.6. The van der Waals surface area contributed by atoms with Crippen molar-refractivity contribution in [3.8, 4) is 16.9 Å². The fraction of sp³-hybridized carbons (Fsp3) is 0.500. The van der Waals surface area contributed by atoms with Gasteiger partial charge in [0.25, 0.3) is 0 Å². The summed E-state index contributed by atoms with van der Waals surface area (Å²) in [5.41, 5.74) is 4.09. The lowest BCUT2D eigenvalue weighted by atomic mass is 9.96. The lowest BCUT2D eigenvalue weighted by Crippen LogP contribution is -2.46. The van der Waals surface area contributed by atoms with Gasteiger partial charge in [0, 0.05) is 40.0 Å². The van der Waals surface area contributed by atoms with Gasteiger partial charge in [-0.25, -0.2) is 0 Å². The van der Waals surface area contributed by atoms with Gasteiger partial charge in [0.15, 0.2) is 5.78 Å². The maximum absolute atomic E-state index is 12.5. The first-order chi connectivity index (χ1) is 23.0. The molecule has 3 aromatic rings. The predicted molar refractivity (Wildman–Crippen MR) is 180 cm³/mol. The van der Waals surface area contributed by atoms with Crippen LogP contribution in [0.25, 0.3) is 11.1 Å². The molecule has 0 saturated heterocycles. The number of nitrogens with zero attached hydrogens (tertiary/aromatic N) is 1. The molecule has 0 bridgehead atoms. The van der Waals surface area contributed by atoms with Crippen LogP contribution in [0.1, 0.15) is 62.1 Å². The predicted octanol–water partition coefficient (Wildman–Crippen LogP) is 4.54. The summed E-state index contributed by atoms with van der Waals surface area (Å²) in [6.07, 6.45) is 0.593. The summed E-state index contributed by atoms with van der Waals surface area (Å²) in [6, 6.07) is 13.7. The zero-order valence-corrected chi connectivity index (χ0v) is 28.3. The number of Topliss-reactive ketones (excluding diaryl/α,β-unsaturated/α-hetero) is 1. The summed E-state index contributed by atoms with van der Waals surface area (Å²) in [4.78, 5) is 16.9. The molecule has 10 nitrogen and oxygen atoms in total. The van der Waals surface area contributed by atoms with Gasteiger partial charge in [-0.15, -0.1) is 0 Å². The summed E-state index contributed by atoms with van der Waals surface area (Å²) in [5.74, 6) is 0.558. The van der Waals surface area contributed by atoms with Crippen LogP contribution < -0.4 is 4.74 Å². The van der Waals surface area contributed by atoms with Gasteiger partial charge in [-0.2, -0.15) is 0 Å². The molecule has 1 unspecified atom stereocenters. The number of hydrogen-bond acceptors (Lipinski definition) is 10. The first-order valence-corrected chi connectivity index (χ1v) is 17.1. The highest BCUT2D eigenvalue weighted by Crippen LogP contribution is 2.53. The number of benzene rings is 2. The van der Waals surface area contributed by atoms with Crippen LogP contribution in [0.3, 0.4) is 0 Å². The Balaban J connectivity index is 1.14. The van der Waals surface area contributed by atoms with Crippen molar-refractivity contribution in [2.45, 2.75) is 101 Å². The highest BCUT2D eigenvalue weighted by molar-refractivity contribution is 6.34. The second-order valence-corrected chi connectivity index (χ2v) is 13.4. The van der Waals surface area contributed by atoms with Gasteiger partial charge in [0.2, 0.25) is 0 Å². The van der Waals surface area contributed by atoms with Gasteiger partial charge in [0.05, 0.1) is 37.6 Å². The number of aliphatic hydroxyl groups is 5. The third-order valence-electron chi connectivity index (χ3n) is 8.94. The molecule has 0 aliphatic heterocycles. The number of ketones is 1. The largest absolute Gasteiger partial charge is 0.490 e. The number of carbonyl (C=O) groups is 1. The SMILES string of the molecule is CC(OCCc1cc(Cl)c(COC2(c3cnccc3-c3ccccc3OC3CC3)CC2)cc1Cl)C(=O)CC[C@H](O)[C@@H](O)[C@H](O)[C@H](O)CO. The first kappa shape index (κ1) is 36.6. The van der Waals surface area contributed by atoms with Gasteiger partial charge in [0.1, 0.15) is 30.2 Å². The number of ether oxygens (including phenoxy) is 3. The van der Waals surface area contributed by atoms with Crippen LogP contribution in [0.5, 0.6) is 5.75 Å². The quantitative estimate of drug-likeness (QED) is 0.120. The second kappa shape index (κ2) is 16.4. The Labute approximate surface area is 290 Å². The maximum atomic E-state index is 12.5. The number of carbonyl (C=O) groups excluding carboxylic acids is 1. The number of rotatable bonds is 19. The van der Waals surface area contributed by atoms with Crippen molar-refractivity contribution in [3.63, 3.8) is 0 Å². The van der Waals surface area contributed by atoms with E-state index in [0.29, 0.717) is 16.5 Å². The van der Waals surface area contributed by atoms with Crippen molar-refractivity contribution in [2.24, 2.45) is 0 Å². The molecule has 2 aliphatic carbocycles. The minimum absolute atomic E-state index is 0.120. The Morgan fingerprint density at radius 1 is 0.979 bits per heavy atom. The van der Waals surface area contributed by atoms with Gasteiger partial charge in [-0.3, -0.25) is 9.78 Å². The van der Waals surface area contributed by atoms with Gasteiger partial charge in [-0.05, 0) is 86.4 Å². The number of hydrogen-bond donors (Lipinski definition) is 5. The van der Waals surface area contributed by atoms with E-state index in [0.717, 1.165) is 59.3 Å². The van der Waals surface area contributed by atoms with E-state index >= 15 is 0 Å². The van der Waals surface area contributed by atoms with Crippen molar-refractivity contribution in [1.29, 1.82) is 0 Å². The highest BCUT2D eigenvalue weighted by Gasteiger charge is 2.48. The molecule has 48 heavy (non-hydrogen) atoms. The molecular weight excluding hydrogens is 661 g/mol. The van der Waals surface area contributed by atoms with Crippen molar-refractivity contribution in [2.75, 3.05) is 13.2 Å². The van der Waals surface area contributed by atoms with Gasteiger partial charge in [-0.1, -0.05) is 41.4 Å². The topological polar surface area (TPSA) is 159 Å². The monoisotopic (exact) mass is 703 g/mol. The molecule has 2 aromatic carbocycles. The Bertz CT molecular complexity index is 1550. The molecule has 12 heteroatoms. The zero-order chi connectivity index (χ0) is 34.4. The molecule has 2 saturated carbocycles. The van der Waals surface area contributed by atoms with E-state index in [1.807, 2.05) is 30.5 Å². The molecule has 5 rings (SSSR count). The van der Waals surface area contributed by atoms with Crippen LogP contribution in [-0.2, 0) is 32.9 Å². The van der Waals surface area contributed by atoms with Crippen LogP contribution in [0.15, 0.2) is 54.9 Å². The smallest absolute Gasteiger partial charge is 0.161 e. The third kappa shape index (κ3) is 9.12. The zero-order valence-electron chi connectivity index (χ0n) is 26.8. The minimum atomic E-state index is -1.74. The molecule has 260 valence electrons. The number of aromatic nitrogens is 1. The van der Waals surface area contributed by atoms with E-state index < -0.39 is 42.7 Å². The molecule has 1 heterocycles. The van der Waals surface area contributed by atoms with Crippen LogP contribution in [0.4, 0.5) is 0 Å². The van der Waals surface area contributed by atoms with E-state index in [4.69, 9.17) is 42.5 Å². The van der Waals surface area contributed by atoms with Crippen molar-refractivity contribution < 1.29 is 44.5 Å². The number of aliphatic hydroxyl groups excluding tert-OH is 5. The average molecular weight is 705 g/mol. The number of halogens is 2. The lowest BCUT2D eigenvalue weighted by Gasteiger charge is -2.25. The molecule has 0 radical (unpaired) electrons. The van der Waals surface area contributed by atoms with E-state index in [2.05, 4.69) is 11.1 Å². The maximum Gasteiger partial charge on any atom is 0.161 e. The molecule has 5 atom stereocenters. The third-order valence-corrected chi connectivity index (χ3v) is 9.64. The standard InChI is InChI=1S/C36H43Cl2NO9/c1-21(30(41)8-9-31(42)34(44)35(45)32(43)19-40)46-15-11-22-16-29(38)23(17-28(22)37)20-47-36(12-13-36)27-18-39-14-10-25(27)26-4-2-3-5-33(26)48-24-6-7-24/h2-5,10,14,16-18,21,24,31-32,34-35,40,42-45H,6-9,11-13,15,19-20H2,1H3/t21?,31-,32+,34+,35+/m0/s1. The normalized spacial score (nSPS) is 18.5. The highest BCUT2D eigenvalue weighted by atomic mass is 35.5. The first-order valence-electron chi connectivity index (χ1n) is 16.3. The summed E-state index contributed by atoms with van der Waals surface area (Å²) in [6.45, 7) is 1.25. The fourth-order valence-electron chi connectivity index (χ4n) is 5.57. The van der Waals surface area contributed by atoms with Crippen molar-refractivity contribution >= 4 is 29.0 Å². The van der Waals surface area contributed by atoms with Crippen LogP contribution in [0.2, 0.25) is 10.0 Å². The number of pyridine rings is 1. The van der Waals surface area contributed by atoms with E-state index in [-0.39, 0.29) is 37.9 Å². The molecule has 2 aliphatic rings. The van der Waals surface area contributed by atoms with Crippen LogP contribution >= 0.6 is 23.2 Å². The minimum Gasteiger partial charge on any atom is -0.490 e. The Morgan fingerprint density at radius 3 is 2.38 bits per heavy atom. The van der Waals surface area contributed by atoms with Crippen LogP contribution in [0, 0.1) is 0 Å². The summed E-state index contributed by atoms with van der Waals surface area (Å²) < 4.78 is 18.5. The Morgan fingerprint density at radius 2 is 1.67 bits per heavy atom. The van der Waals surface area contributed by atoms with E-state index in [1.165, 1.54) is 0 Å². The number of para-hydroxylation sites is 1. The molecule has 1 aromatic heterocycles. The summed E-state index contributed by atoms with van der Waals surface area (Å²) in [7, 11) is 0. The fourth-order valence-corrected chi connectivity index (χ4v) is 6.09. The Kier molecular flexibility index (Phi) is 12.5. The molecule has 5 N–H and O–H groups in total. The average Bonchev–Trinajstić information content (AvgIpc) is 4.04. The lowest BCUT2D eigenvalue weighted by molar-refractivity contribution is -0.133. The molecular formula is C36H43Cl2NO9. The van der Waals surface area contributed by atoms with E-state index in [9.17, 15) is 25.2 Å². The van der Waals surface area contributed by atoms with Crippen molar-refractivity contribution in [3.05, 3.63) is 81.6 Å². The summed E-state index contributed by atoms with van der Waals surface area (Å²) >= 11 is 13.3. The summed E-state index contributed by atoms with van der Waals surface area (Å²) in [5, 5.41) is 49.1. The molecule has 0 amide bonds. The van der Waals surface area contributed by atoms with Gasteiger partial charge < -0.3 is 39.7 Å². The molecule has 2 fully saturated rings. The van der Waals surface area contributed by atoms with Crippen molar-refractivity contribution in [1.82, 2.24) is 4.98 Å². The Hall–Kier alpha value is -2.64. The molecule has 0 spiro atoms. The van der Waals surface area contributed by atoms with E-state index in [1.54, 1.807) is 25.3 Å². The van der Waals surface area contributed by atoms with Gasteiger partial charge >= 0.3 is 0 Å².